The minimum absolute atomic E-state index is 0.106. The molecule has 8 heteroatoms. The molecule has 0 saturated heterocycles. The fraction of sp³-hybridized carbons (Fsp3) is 0.381. The van der Waals surface area contributed by atoms with Crippen LogP contribution in [0.15, 0.2) is 42.5 Å². The highest BCUT2D eigenvalue weighted by atomic mass is 19.4. The lowest BCUT2D eigenvalue weighted by Gasteiger charge is -2.26. The number of methoxy groups -OCH3 is 1. The van der Waals surface area contributed by atoms with E-state index < -0.39 is 29.7 Å². The smallest absolute Gasteiger partial charge is 0.416 e. The lowest BCUT2D eigenvalue weighted by Crippen LogP contribution is -2.43. The number of aliphatic hydroxyl groups is 1. The fourth-order valence-corrected chi connectivity index (χ4v) is 3.59. The Kier molecular flexibility index (Phi) is 6.14. The molecule has 1 aliphatic heterocycles. The van der Waals surface area contributed by atoms with Gasteiger partial charge in [-0.15, -0.1) is 0 Å². The number of carbonyl (C=O) groups is 1. The number of amides is 1. The average Bonchev–Trinajstić information content (AvgIpc) is 2.81. The third-order valence-electron chi connectivity index (χ3n) is 5.17. The first-order valence-corrected chi connectivity index (χ1v) is 9.24. The number of aliphatic hydroxyl groups excluding tert-OH is 1. The van der Waals surface area contributed by atoms with Gasteiger partial charge in [0.05, 0.1) is 12.7 Å². The van der Waals surface area contributed by atoms with Crippen molar-refractivity contribution in [2.45, 2.75) is 24.6 Å². The topological polar surface area (TPSA) is 61.8 Å². The Morgan fingerprint density at radius 1 is 1.21 bits per heavy atom. The van der Waals surface area contributed by atoms with Gasteiger partial charge < -0.3 is 20.1 Å². The molecule has 1 amide bonds. The van der Waals surface area contributed by atoms with Crippen molar-refractivity contribution in [2.24, 2.45) is 0 Å². The van der Waals surface area contributed by atoms with Crippen molar-refractivity contribution in [1.82, 2.24) is 5.32 Å². The van der Waals surface area contributed by atoms with Gasteiger partial charge in [0.1, 0.15) is 11.9 Å². The van der Waals surface area contributed by atoms with Crippen molar-refractivity contribution >= 4 is 11.6 Å². The number of benzene rings is 2. The quantitative estimate of drug-likeness (QED) is 0.799. The van der Waals surface area contributed by atoms with Crippen LogP contribution in [-0.4, -0.2) is 44.4 Å². The number of likely N-dealkylation sites (N-methyl/N-ethyl adjacent to an activating group) is 1. The van der Waals surface area contributed by atoms with E-state index in [2.05, 4.69) is 5.32 Å². The predicted octanol–water partition coefficient (Wildman–Crippen LogP) is 2.97. The number of anilines is 1. The van der Waals surface area contributed by atoms with E-state index in [1.54, 1.807) is 31.3 Å². The van der Waals surface area contributed by atoms with E-state index in [1.807, 2.05) is 0 Å². The highest BCUT2D eigenvalue weighted by Gasteiger charge is 2.38. The second-order valence-corrected chi connectivity index (χ2v) is 6.96. The summed E-state index contributed by atoms with van der Waals surface area (Å²) < 4.78 is 44.9. The van der Waals surface area contributed by atoms with Crippen molar-refractivity contribution in [2.75, 3.05) is 32.1 Å². The molecule has 0 fully saturated rings. The summed E-state index contributed by atoms with van der Waals surface area (Å²) in [5.41, 5.74) is 0.655. The highest BCUT2D eigenvalue weighted by molar-refractivity contribution is 5.98. The first kappa shape index (κ1) is 21.1. The van der Waals surface area contributed by atoms with E-state index in [-0.39, 0.29) is 13.0 Å². The molecule has 0 radical (unpaired) electrons. The number of alkyl halides is 3. The number of nitrogens with zero attached hydrogens (tertiary/aromatic N) is 1. The van der Waals surface area contributed by atoms with Gasteiger partial charge in [-0.05, 0) is 54.9 Å². The van der Waals surface area contributed by atoms with Crippen LogP contribution in [0.1, 0.15) is 22.6 Å². The monoisotopic (exact) mass is 408 g/mol. The SMILES string of the molecule is CNCCN1C(=O)[C@H](O)[C@H](c2ccc(OC)cc2)Cc2cc(C(F)(F)F)ccc21. The largest absolute Gasteiger partial charge is 0.497 e. The highest BCUT2D eigenvalue weighted by Crippen LogP contribution is 2.39. The number of carbonyl (C=O) groups excluding carboxylic acids is 1. The lowest BCUT2D eigenvalue weighted by atomic mass is 9.87. The second-order valence-electron chi connectivity index (χ2n) is 6.96. The van der Waals surface area contributed by atoms with Crippen LogP contribution in [0.4, 0.5) is 18.9 Å². The van der Waals surface area contributed by atoms with E-state index >= 15 is 0 Å². The zero-order chi connectivity index (χ0) is 21.2. The molecular weight excluding hydrogens is 385 g/mol. The number of hydrogen-bond donors (Lipinski definition) is 2. The number of ether oxygens (including phenoxy) is 1. The van der Waals surface area contributed by atoms with Crippen molar-refractivity contribution in [3.63, 3.8) is 0 Å². The summed E-state index contributed by atoms with van der Waals surface area (Å²) in [4.78, 5) is 14.4. The van der Waals surface area contributed by atoms with E-state index in [1.165, 1.54) is 18.1 Å². The van der Waals surface area contributed by atoms with Gasteiger partial charge in [0, 0.05) is 24.7 Å². The second kappa shape index (κ2) is 8.42. The molecule has 0 aromatic heterocycles. The molecule has 0 unspecified atom stereocenters. The molecule has 0 spiro atoms. The fourth-order valence-electron chi connectivity index (χ4n) is 3.59. The molecule has 2 atom stereocenters. The van der Waals surface area contributed by atoms with Crippen molar-refractivity contribution < 1.29 is 27.8 Å². The van der Waals surface area contributed by atoms with Gasteiger partial charge in [0.25, 0.3) is 5.91 Å². The van der Waals surface area contributed by atoms with Crippen molar-refractivity contribution in [3.8, 4) is 5.75 Å². The van der Waals surface area contributed by atoms with Crippen LogP contribution < -0.4 is 15.0 Å². The lowest BCUT2D eigenvalue weighted by molar-refractivity contribution is -0.137. The van der Waals surface area contributed by atoms with Gasteiger partial charge in [-0.1, -0.05) is 12.1 Å². The van der Waals surface area contributed by atoms with Crippen LogP contribution in [0.3, 0.4) is 0 Å². The third kappa shape index (κ3) is 4.38. The standard InChI is InChI=1S/C21H23F3N2O3/c1-25-9-10-26-18-8-5-15(21(22,23)24)11-14(18)12-17(19(27)20(26)28)13-3-6-16(29-2)7-4-13/h3-8,11,17,19,25,27H,9-10,12H2,1-2H3/t17-,19+/m0/s1. The molecule has 0 aliphatic carbocycles. The molecule has 2 N–H and O–H groups in total. The molecule has 1 aliphatic rings. The summed E-state index contributed by atoms with van der Waals surface area (Å²) in [6, 6.07) is 10.2. The Morgan fingerprint density at radius 3 is 2.48 bits per heavy atom. The number of rotatable bonds is 5. The normalized spacial score (nSPS) is 19.7. The molecule has 0 bridgehead atoms. The summed E-state index contributed by atoms with van der Waals surface area (Å²) in [7, 11) is 3.24. The maximum Gasteiger partial charge on any atom is 0.416 e. The third-order valence-corrected chi connectivity index (χ3v) is 5.17. The summed E-state index contributed by atoms with van der Waals surface area (Å²) in [5.74, 6) is -0.589. The molecule has 5 nitrogen and oxygen atoms in total. The van der Waals surface area contributed by atoms with Gasteiger partial charge in [-0.2, -0.15) is 13.2 Å². The van der Waals surface area contributed by atoms with Crippen LogP contribution in [0.2, 0.25) is 0 Å². The number of halogens is 3. The predicted molar refractivity (Wildman–Crippen MR) is 103 cm³/mol. The Labute approximate surface area is 167 Å². The minimum atomic E-state index is -4.49. The van der Waals surface area contributed by atoms with Gasteiger partial charge in [-0.25, -0.2) is 0 Å². The van der Waals surface area contributed by atoms with Crippen LogP contribution in [0, 0.1) is 0 Å². The Bertz CT molecular complexity index is 868. The summed E-state index contributed by atoms with van der Waals surface area (Å²) in [6.07, 6.45) is -5.76. The van der Waals surface area contributed by atoms with E-state index in [0.717, 1.165) is 12.1 Å². The van der Waals surface area contributed by atoms with E-state index in [9.17, 15) is 23.1 Å². The number of nitrogens with one attached hydrogen (secondary N) is 1. The first-order valence-electron chi connectivity index (χ1n) is 9.24. The van der Waals surface area contributed by atoms with Crippen LogP contribution in [0.5, 0.6) is 5.75 Å². The molecular formula is C21H23F3N2O3. The van der Waals surface area contributed by atoms with Gasteiger partial charge in [0.15, 0.2) is 0 Å². The molecule has 156 valence electrons. The maximum absolute atomic E-state index is 13.3. The van der Waals surface area contributed by atoms with Gasteiger partial charge >= 0.3 is 6.18 Å². The average molecular weight is 408 g/mol. The van der Waals surface area contributed by atoms with Crippen LogP contribution in [0.25, 0.3) is 0 Å². The zero-order valence-electron chi connectivity index (χ0n) is 16.2. The van der Waals surface area contributed by atoms with Crippen molar-refractivity contribution in [3.05, 3.63) is 59.2 Å². The molecule has 29 heavy (non-hydrogen) atoms. The molecule has 2 aromatic rings. The van der Waals surface area contributed by atoms with E-state index in [4.69, 9.17) is 4.74 Å². The molecule has 1 heterocycles. The summed E-state index contributed by atoms with van der Waals surface area (Å²) in [5, 5.41) is 13.7. The number of hydrogen-bond acceptors (Lipinski definition) is 4. The summed E-state index contributed by atoms with van der Waals surface area (Å²) in [6.45, 7) is 0.673. The molecule has 2 aromatic carbocycles. The first-order chi connectivity index (χ1) is 13.8. The Hall–Kier alpha value is -2.58. The number of fused-ring (bicyclic) bond motifs is 1. The Balaban J connectivity index is 2.08. The van der Waals surface area contributed by atoms with Crippen LogP contribution >= 0.6 is 0 Å². The van der Waals surface area contributed by atoms with E-state index in [0.29, 0.717) is 29.1 Å². The molecule has 0 saturated carbocycles. The van der Waals surface area contributed by atoms with Crippen molar-refractivity contribution in [1.29, 1.82) is 0 Å². The molecule has 3 rings (SSSR count). The van der Waals surface area contributed by atoms with Gasteiger partial charge in [0.2, 0.25) is 0 Å². The zero-order valence-corrected chi connectivity index (χ0v) is 16.2. The minimum Gasteiger partial charge on any atom is -0.497 e. The maximum atomic E-state index is 13.3. The summed E-state index contributed by atoms with van der Waals surface area (Å²) >= 11 is 0. The van der Waals surface area contributed by atoms with Gasteiger partial charge in [-0.3, -0.25) is 4.79 Å². The Morgan fingerprint density at radius 2 is 1.90 bits per heavy atom. The van der Waals surface area contributed by atoms with Crippen LogP contribution in [-0.2, 0) is 17.4 Å².